The van der Waals surface area contributed by atoms with Crippen molar-refractivity contribution >= 4 is 6.01 Å². The van der Waals surface area contributed by atoms with E-state index in [-0.39, 0.29) is 0 Å². The van der Waals surface area contributed by atoms with E-state index in [9.17, 15) is 0 Å². The molecule has 0 rings (SSSR count). The minimum Gasteiger partial charge on any atom is -0.304 e. The number of aliphatic imine (C=N–C) groups is 2. The van der Waals surface area contributed by atoms with Crippen LogP contribution in [0, 0.1) is 0 Å². The summed E-state index contributed by atoms with van der Waals surface area (Å²) in [6, 6.07) is 3.29. The summed E-state index contributed by atoms with van der Waals surface area (Å²) in [5.74, 6) is 0. The van der Waals surface area contributed by atoms with E-state index in [1.165, 1.54) is 0 Å². The molecule has 0 aliphatic heterocycles. The molecular weight excluding hydrogens is 162 g/mol. The van der Waals surface area contributed by atoms with Crippen LogP contribution in [0.25, 0.3) is 0 Å². The highest BCUT2D eigenvalue weighted by Crippen LogP contribution is 1.94. The third kappa shape index (κ3) is 7.69. The van der Waals surface area contributed by atoms with Gasteiger partial charge in [-0.3, -0.25) is 0 Å². The van der Waals surface area contributed by atoms with Gasteiger partial charge in [-0.15, -0.1) is 0 Å². The fourth-order valence-corrected chi connectivity index (χ4v) is 0.828. The molecular formula is C10H21N3. The van der Waals surface area contributed by atoms with Gasteiger partial charge in [-0.05, 0) is 40.8 Å². The van der Waals surface area contributed by atoms with Gasteiger partial charge in [0.2, 0.25) is 0 Å². The third-order valence-electron chi connectivity index (χ3n) is 1.96. The van der Waals surface area contributed by atoms with Gasteiger partial charge in [0.1, 0.15) is 0 Å². The van der Waals surface area contributed by atoms with E-state index in [0.717, 1.165) is 26.1 Å². The molecule has 0 radical (unpaired) electrons. The van der Waals surface area contributed by atoms with Gasteiger partial charge in [-0.2, -0.15) is 0 Å². The van der Waals surface area contributed by atoms with Gasteiger partial charge in [-0.25, -0.2) is 9.98 Å². The molecule has 0 saturated carbocycles. The Bertz CT molecular complexity index is 169. The van der Waals surface area contributed by atoms with Gasteiger partial charge in [-0.1, -0.05) is 0 Å². The van der Waals surface area contributed by atoms with Crippen LogP contribution in [0.1, 0.15) is 27.2 Å². The maximum atomic E-state index is 4.05. The Hall–Kier alpha value is -0.660. The molecule has 13 heavy (non-hydrogen) atoms. The second-order valence-electron chi connectivity index (χ2n) is 3.38. The molecule has 0 spiro atoms. The average molecular weight is 183 g/mol. The van der Waals surface area contributed by atoms with Crippen molar-refractivity contribution in [3.63, 3.8) is 0 Å². The lowest BCUT2D eigenvalue weighted by atomic mass is 10.3. The van der Waals surface area contributed by atoms with Crippen molar-refractivity contribution in [1.29, 1.82) is 0 Å². The SMILES string of the molecule is CCN=C=NCCCN(C)C(C)C. The van der Waals surface area contributed by atoms with Crippen LogP contribution in [0.4, 0.5) is 0 Å². The standard InChI is InChI=1S/C10H21N3/c1-5-11-9-12-7-6-8-13(4)10(2)3/h10H,5-8H2,1-4H3. The number of rotatable bonds is 6. The summed E-state index contributed by atoms with van der Waals surface area (Å²) in [5, 5.41) is 0. The van der Waals surface area contributed by atoms with Gasteiger partial charge >= 0.3 is 0 Å². The fraction of sp³-hybridized carbons (Fsp3) is 0.900. The zero-order valence-corrected chi connectivity index (χ0v) is 9.25. The summed E-state index contributed by atoms with van der Waals surface area (Å²) in [5.41, 5.74) is 0. The van der Waals surface area contributed by atoms with Crippen LogP contribution < -0.4 is 0 Å². The summed E-state index contributed by atoms with van der Waals surface area (Å²) >= 11 is 0. The molecule has 3 heteroatoms. The highest BCUT2D eigenvalue weighted by molar-refractivity contribution is 5.40. The minimum atomic E-state index is 0.619. The summed E-state index contributed by atoms with van der Waals surface area (Å²) in [4.78, 5) is 10.3. The van der Waals surface area contributed by atoms with Crippen LogP contribution in [0.5, 0.6) is 0 Å². The van der Waals surface area contributed by atoms with Crippen molar-refractivity contribution in [2.45, 2.75) is 33.2 Å². The predicted molar refractivity (Wildman–Crippen MR) is 57.7 cm³/mol. The first-order valence-electron chi connectivity index (χ1n) is 4.96. The maximum Gasteiger partial charge on any atom is 0.0892 e. The van der Waals surface area contributed by atoms with Crippen LogP contribution in [-0.2, 0) is 0 Å². The lowest BCUT2D eigenvalue weighted by Crippen LogP contribution is -2.27. The van der Waals surface area contributed by atoms with Gasteiger partial charge < -0.3 is 4.90 Å². The third-order valence-corrected chi connectivity index (χ3v) is 1.96. The first-order chi connectivity index (χ1) is 6.18. The Balaban J connectivity index is 3.40. The predicted octanol–water partition coefficient (Wildman–Crippen LogP) is 1.91. The van der Waals surface area contributed by atoms with Crippen LogP contribution >= 0.6 is 0 Å². The van der Waals surface area contributed by atoms with Crippen molar-refractivity contribution in [3.05, 3.63) is 0 Å². The van der Waals surface area contributed by atoms with Crippen LogP contribution in [-0.4, -0.2) is 43.6 Å². The monoisotopic (exact) mass is 183 g/mol. The largest absolute Gasteiger partial charge is 0.304 e. The minimum absolute atomic E-state index is 0.619. The molecule has 0 bridgehead atoms. The van der Waals surface area contributed by atoms with Crippen molar-refractivity contribution in [1.82, 2.24) is 4.90 Å². The molecule has 76 valence electrons. The number of hydrogen-bond donors (Lipinski definition) is 0. The summed E-state index contributed by atoms with van der Waals surface area (Å²) < 4.78 is 0. The summed E-state index contributed by atoms with van der Waals surface area (Å²) in [6.45, 7) is 9.07. The van der Waals surface area contributed by atoms with E-state index >= 15 is 0 Å². The molecule has 3 nitrogen and oxygen atoms in total. The normalized spacial score (nSPS) is 10.3. The Morgan fingerprint density at radius 2 is 2.00 bits per heavy atom. The van der Waals surface area contributed by atoms with E-state index in [1.54, 1.807) is 0 Å². The molecule has 0 saturated heterocycles. The summed E-state index contributed by atoms with van der Waals surface area (Å²) in [7, 11) is 2.13. The highest BCUT2D eigenvalue weighted by Gasteiger charge is 2.00. The Morgan fingerprint density at radius 3 is 2.54 bits per heavy atom. The van der Waals surface area contributed by atoms with E-state index in [2.05, 4.69) is 41.8 Å². The van der Waals surface area contributed by atoms with Gasteiger partial charge in [0, 0.05) is 12.6 Å². The van der Waals surface area contributed by atoms with Crippen molar-refractivity contribution in [2.24, 2.45) is 9.98 Å². The van der Waals surface area contributed by atoms with E-state index in [0.29, 0.717) is 6.04 Å². The van der Waals surface area contributed by atoms with Crippen LogP contribution in [0.15, 0.2) is 9.98 Å². The van der Waals surface area contributed by atoms with Gasteiger partial charge in [0.15, 0.2) is 0 Å². The second-order valence-corrected chi connectivity index (χ2v) is 3.38. The number of nitrogens with zero attached hydrogens (tertiary/aromatic N) is 3. The Kier molecular flexibility index (Phi) is 7.56. The zero-order chi connectivity index (χ0) is 10.1. The highest BCUT2D eigenvalue weighted by atomic mass is 15.1. The Labute approximate surface area is 81.6 Å². The zero-order valence-electron chi connectivity index (χ0n) is 9.25. The van der Waals surface area contributed by atoms with Crippen LogP contribution in [0.3, 0.4) is 0 Å². The first-order valence-corrected chi connectivity index (χ1v) is 4.96. The van der Waals surface area contributed by atoms with Crippen molar-refractivity contribution in [2.75, 3.05) is 26.7 Å². The van der Waals surface area contributed by atoms with Crippen molar-refractivity contribution < 1.29 is 0 Å². The van der Waals surface area contributed by atoms with E-state index in [4.69, 9.17) is 0 Å². The fourth-order valence-electron chi connectivity index (χ4n) is 0.828. The first kappa shape index (κ1) is 12.3. The van der Waals surface area contributed by atoms with E-state index < -0.39 is 0 Å². The molecule has 0 unspecified atom stereocenters. The smallest absolute Gasteiger partial charge is 0.0892 e. The molecule has 0 N–H and O–H groups in total. The molecule has 0 atom stereocenters. The van der Waals surface area contributed by atoms with Crippen molar-refractivity contribution in [3.8, 4) is 0 Å². The lowest BCUT2D eigenvalue weighted by molar-refractivity contribution is 0.272. The molecule has 0 aliphatic carbocycles. The maximum absolute atomic E-state index is 4.05. The molecule has 0 aromatic rings. The van der Waals surface area contributed by atoms with Gasteiger partial charge in [0.25, 0.3) is 0 Å². The quantitative estimate of drug-likeness (QED) is 0.456. The molecule has 0 amide bonds. The Morgan fingerprint density at radius 1 is 1.31 bits per heavy atom. The molecule has 0 aromatic heterocycles. The van der Waals surface area contributed by atoms with Gasteiger partial charge in [0.05, 0.1) is 12.6 Å². The van der Waals surface area contributed by atoms with E-state index in [1.807, 2.05) is 6.92 Å². The lowest BCUT2D eigenvalue weighted by Gasteiger charge is -2.19. The van der Waals surface area contributed by atoms with Crippen LogP contribution in [0.2, 0.25) is 0 Å². The average Bonchev–Trinajstić information content (AvgIpc) is 2.10. The molecule has 0 fully saturated rings. The molecule has 0 heterocycles. The summed E-state index contributed by atoms with van der Waals surface area (Å²) in [6.07, 6.45) is 1.08. The molecule has 0 aromatic carbocycles. The second kappa shape index (κ2) is 7.96. The number of hydrogen-bond acceptors (Lipinski definition) is 3. The molecule has 0 aliphatic rings. The topological polar surface area (TPSA) is 28.0 Å².